The van der Waals surface area contributed by atoms with Crippen molar-refractivity contribution in [3.05, 3.63) is 64.2 Å². The van der Waals surface area contributed by atoms with Crippen LogP contribution in [0.3, 0.4) is 0 Å². The minimum Gasteiger partial charge on any atom is -0.345 e. The first-order valence-electron chi connectivity index (χ1n) is 9.98. The summed E-state index contributed by atoms with van der Waals surface area (Å²) < 4.78 is 0. The minimum atomic E-state index is -0.400. The third-order valence-corrected chi connectivity index (χ3v) is 6.08. The standard InChI is InChI=1S/C23H25N3O3/c1-14-5-6-15(2)19(11-14)26-21(28)17-8-7-16(12-18(17)22(26)29)20(27)25-23(13-24)9-3-4-10-23/h5-8,11-12H,3-4,9-10,13,24H2,1-2H3,(H,25,27). The lowest BCUT2D eigenvalue weighted by molar-refractivity contribution is 0.0899. The van der Waals surface area contributed by atoms with Crippen molar-refractivity contribution >= 4 is 23.4 Å². The van der Waals surface area contributed by atoms with Crippen molar-refractivity contribution in [2.24, 2.45) is 5.73 Å². The van der Waals surface area contributed by atoms with Crippen molar-refractivity contribution in [1.82, 2.24) is 5.32 Å². The SMILES string of the molecule is Cc1ccc(C)c(N2C(=O)c3ccc(C(=O)NC4(CN)CCCC4)cc3C2=O)c1. The molecule has 0 bridgehead atoms. The maximum absolute atomic E-state index is 13.1. The Balaban J connectivity index is 1.65. The summed E-state index contributed by atoms with van der Waals surface area (Å²) in [7, 11) is 0. The Morgan fingerprint density at radius 3 is 2.41 bits per heavy atom. The molecule has 3 amide bonds. The van der Waals surface area contributed by atoms with Gasteiger partial charge in [-0.3, -0.25) is 14.4 Å². The quantitative estimate of drug-likeness (QED) is 0.784. The van der Waals surface area contributed by atoms with Gasteiger partial charge in [0, 0.05) is 12.1 Å². The molecule has 0 radical (unpaired) electrons. The Bertz CT molecular complexity index is 1020. The molecule has 1 saturated carbocycles. The number of nitrogens with two attached hydrogens (primary N) is 1. The van der Waals surface area contributed by atoms with E-state index in [1.807, 2.05) is 32.0 Å². The number of nitrogens with zero attached hydrogens (tertiary/aromatic N) is 1. The molecule has 1 fully saturated rings. The topological polar surface area (TPSA) is 92.5 Å². The Morgan fingerprint density at radius 2 is 1.72 bits per heavy atom. The lowest BCUT2D eigenvalue weighted by Gasteiger charge is -2.28. The van der Waals surface area contributed by atoms with Crippen LogP contribution in [0.2, 0.25) is 0 Å². The highest BCUT2D eigenvalue weighted by Crippen LogP contribution is 2.32. The van der Waals surface area contributed by atoms with Crippen molar-refractivity contribution in [2.75, 3.05) is 11.4 Å². The molecule has 2 aromatic carbocycles. The van der Waals surface area contributed by atoms with E-state index in [1.165, 1.54) is 11.0 Å². The van der Waals surface area contributed by atoms with Crippen molar-refractivity contribution in [1.29, 1.82) is 0 Å². The highest BCUT2D eigenvalue weighted by molar-refractivity contribution is 6.35. The van der Waals surface area contributed by atoms with Crippen LogP contribution in [0.1, 0.15) is 67.9 Å². The number of anilines is 1. The third-order valence-electron chi connectivity index (χ3n) is 6.08. The lowest BCUT2D eigenvalue weighted by atomic mass is 9.96. The van der Waals surface area contributed by atoms with E-state index in [1.54, 1.807) is 12.1 Å². The number of carbonyl (C=O) groups excluding carboxylic acids is 3. The van der Waals surface area contributed by atoms with Crippen LogP contribution in [-0.2, 0) is 0 Å². The minimum absolute atomic E-state index is 0.259. The summed E-state index contributed by atoms with van der Waals surface area (Å²) in [6, 6.07) is 10.4. The number of imide groups is 1. The summed E-state index contributed by atoms with van der Waals surface area (Å²) in [5.74, 6) is -1.02. The summed E-state index contributed by atoms with van der Waals surface area (Å²) in [5, 5.41) is 3.06. The van der Waals surface area contributed by atoms with Gasteiger partial charge in [0.05, 0.1) is 22.4 Å². The number of benzene rings is 2. The zero-order valence-corrected chi connectivity index (χ0v) is 16.7. The fourth-order valence-electron chi connectivity index (χ4n) is 4.31. The smallest absolute Gasteiger partial charge is 0.266 e. The molecule has 0 atom stereocenters. The molecule has 6 nitrogen and oxygen atoms in total. The van der Waals surface area contributed by atoms with Crippen LogP contribution in [-0.4, -0.2) is 29.8 Å². The summed E-state index contributed by atoms with van der Waals surface area (Å²) >= 11 is 0. The maximum atomic E-state index is 13.1. The summed E-state index contributed by atoms with van der Waals surface area (Å²) in [6.07, 6.45) is 3.80. The van der Waals surface area contributed by atoms with E-state index >= 15 is 0 Å². The highest BCUT2D eigenvalue weighted by atomic mass is 16.2. The van der Waals surface area contributed by atoms with Crippen molar-refractivity contribution < 1.29 is 14.4 Å². The molecule has 1 aliphatic carbocycles. The normalized spacial score (nSPS) is 17.6. The predicted octanol–water partition coefficient (Wildman–Crippen LogP) is 3.11. The largest absolute Gasteiger partial charge is 0.345 e. The van der Waals surface area contributed by atoms with Gasteiger partial charge < -0.3 is 11.1 Å². The van der Waals surface area contributed by atoms with Gasteiger partial charge in [0.1, 0.15) is 0 Å². The van der Waals surface area contributed by atoms with Crippen LogP contribution in [0.5, 0.6) is 0 Å². The molecule has 150 valence electrons. The zero-order chi connectivity index (χ0) is 20.8. The van der Waals surface area contributed by atoms with E-state index in [9.17, 15) is 14.4 Å². The number of rotatable bonds is 4. The maximum Gasteiger partial charge on any atom is 0.266 e. The average molecular weight is 391 g/mol. The number of fused-ring (bicyclic) bond motifs is 1. The van der Waals surface area contributed by atoms with Crippen LogP contribution in [0, 0.1) is 13.8 Å². The van der Waals surface area contributed by atoms with Gasteiger partial charge in [-0.1, -0.05) is 25.0 Å². The number of amides is 3. The second kappa shape index (κ2) is 7.12. The molecule has 3 N–H and O–H groups in total. The van der Waals surface area contributed by atoms with Gasteiger partial charge in [-0.05, 0) is 62.1 Å². The Hall–Kier alpha value is -2.99. The summed E-state index contributed by atoms with van der Waals surface area (Å²) in [6.45, 7) is 4.17. The number of aryl methyl sites for hydroxylation is 2. The Kier molecular flexibility index (Phi) is 4.74. The van der Waals surface area contributed by atoms with Crippen LogP contribution < -0.4 is 16.0 Å². The third kappa shape index (κ3) is 3.23. The molecule has 0 spiro atoms. The molecule has 4 rings (SSSR count). The van der Waals surface area contributed by atoms with E-state index in [-0.39, 0.29) is 22.9 Å². The first-order valence-corrected chi connectivity index (χ1v) is 9.98. The molecular weight excluding hydrogens is 366 g/mol. The fourth-order valence-corrected chi connectivity index (χ4v) is 4.31. The molecular formula is C23H25N3O3. The predicted molar refractivity (Wildman–Crippen MR) is 111 cm³/mol. The Labute approximate surface area is 170 Å². The number of nitrogens with one attached hydrogen (secondary N) is 1. The zero-order valence-electron chi connectivity index (χ0n) is 16.7. The second-order valence-corrected chi connectivity index (χ2v) is 8.14. The molecule has 1 aliphatic heterocycles. The van der Waals surface area contributed by atoms with Gasteiger partial charge >= 0.3 is 0 Å². The van der Waals surface area contributed by atoms with Gasteiger partial charge in [0.2, 0.25) is 0 Å². The number of carbonyl (C=O) groups is 3. The van der Waals surface area contributed by atoms with E-state index in [0.717, 1.165) is 36.8 Å². The average Bonchev–Trinajstić information content (AvgIpc) is 3.27. The van der Waals surface area contributed by atoms with Crippen molar-refractivity contribution in [3.8, 4) is 0 Å². The van der Waals surface area contributed by atoms with Gasteiger partial charge in [-0.2, -0.15) is 0 Å². The van der Waals surface area contributed by atoms with E-state index in [4.69, 9.17) is 5.73 Å². The van der Waals surface area contributed by atoms with Gasteiger partial charge in [-0.25, -0.2) is 4.90 Å². The highest BCUT2D eigenvalue weighted by Gasteiger charge is 2.39. The molecule has 29 heavy (non-hydrogen) atoms. The molecule has 0 aromatic heterocycles. The molecule has 2 aliphatic rings. The Morgan fingerprint density at radius 1 is 1.03 bits per heavy atom. The van der Waals surface area contributed by atoms with Crippen LogP contribution in [0.25, 0.3) is 0 Å². The summed E-state index contributed by atoms with van der Waals surface area (Å²) in [5.41, 5.74) is 8.87. The molecule has 2 aromatic rings. The van der Waals surface area contributed by atoms with Gasteiger partial charge in [0.15, 0.2) is 0 Å². The number of hydrogen-bond acceptors (Lipinski definition) is 4. The van der Waals surface area contributed by atoms with Crippen LogP contribution >= 0.6 is 0 Å². The van der Waals surface area contributed by atoms with Crippen molar-refractivity contribution in [3.63, 3.8) is 0 Å². The van der Waals surface area contributed by atoms with Crippen molar-refractivity contribution in [2.45, 2.75) is 45.1 Å². The van der Waals surface area contributed by atoms with E-state index in [0.29, 0.717) is 23.4 Å². The van der Waals surface area contributed by atoms with E-state index in [2.05, 4.69) is 5.32 Å². The molecule has 0 saturated heterocycles. The number of hydrogen-bond donors (Lipinski definition) is 2. The molecule has 1 heterocycles. The molecule has 0 unspecified atom stereocenters. The van der Waals surface area contributed by atoms with Crippen LogP contribution in [0.4, 0.5) is 5.69 Å². The fraction of sp³-hybridized carbons (Fsp3) is 0.348. The first kappa shape index (κ1) is 19.3. The van der Waals surface area contributed by atoms with E-state index < -0.39 is 5.91 Å². The second-order valence-electron chi connectivity index (χ2n) is 8.14. The summed E-state index contributed by atoms with van der Waals surface area (Å²) in [4.78, 5) is 40.0. The molecule has 6 heteroatoms. The van der Waals surface area contributed by atoms with Gasteiger partial charge in [0.25, 0.3) is 17.7 Å². The monoisotopic (exact) mass is 391 g/mol. The van der Waals surface area contributed by atoms with Crippen LogP contribution in [0.15, 0.2) is 36.4 Å². The van der Waals surface area contributed by atoms with Gasteiger partial charge in [-0.15, -0.1) is 0 Å². The first-order chi connectivity index (χ1) is 13.8. The lowest BCUT2D eigenvalue weighted by Crippen LogP contribution is -2.51.